The lowest BCUT2D eigenvalue weighted by atomic mass is 10.1. The van der Waals surface area contributed by atoms with Crippen molar-refractivity contribution in [3.05, 3.63) is 70.9 Å². The highest BCUT2D eigenvalue weighted by atomic mass is 35.5. The number of carbonyl (C=O) groups excluding carboxylic acids is 2. The summed E-state index contributed by atoms with van der Waals surface area (Å²) in [5, 5.41) is 20.1. The number of hydrogen-bond acceptors (Lipinski definition) is 11. The Kier molecular flexibility index (Phi) is 7.70. The first-order valence-electron chi connectivity index (χ1n) is 11.8. The first kappa shape index (κ1) is 26.8. The first-order valence-corrected chi connectivity index (χ1v) is 13.0. The third-order valence-electron chi connectivity index (χ3n) is 5.48. The van der Waals surface area contributed by atoms with E-state index in [1.54, 1.807) is 12.1 Å². The van der Waals surface area contributed by atoms with Crippen molar-refractivity contribution in [2.75, 3.05) is 21.9 Å². The van der Waals surface area contributed by atoms with Crippen LogP contribution < -0.4 is 21.1 Å². The van der Waals surface area contributed by atoms with Crippen LogP contribution >= 0.6 is 23.5 Å². The number of fused-ring (bicyclic) bond motifs is 1. The van der Waals surface area contributed by atoms with Crippen molar-refractivity contribution in [1.82, 2.24) is 24.6 Å². The number of nitrogens with zero attached hydrogens (tertiary/aromatic N) is 5. The minimum Gasteiger partial charge on any atom is -0.506 e. The quantitative estimate of drug-likeness (QED) is 0.151. The maximum Gasteiger partial charge on any atom is 0.259 e. The van der Waals surface area contributed by atoms with Crippen LogP contribution in [0.3, 0.4) is 0 Å². The predicted molar refractivity (Wildman–Crippen MR) is 150 cm³/mol. The van der Waals surface area contributed by atoms with Gasteiger partial charge in [-0.25, -0.2) is 0 Å². The molecule has 0 aliphatic heterocycles. The maximum absolute atomic E-state index is 11.7. The molecule has 3 heterocycles. The van der Waals surface area contributed by atoms with Crippen molar-refractivity contribution in [3.63, 3.8) is 0 Å². The molecule has 5 rings (SSSR count). The molecule has 0 unspecified atom stereocenters. The molecule has 0 aliphatic rings. The van der Waals surface area contributed by atoms with Crippen molar-refractivity contribution in [2.45, 2.75) is 18.2 Å². The number of nitrogens with one attached hydrogen (secondary N) is 3. The Balaban J connectivity index is 1.21. The van der Waals surface area contributed by atoms with Crippen molar-refractivity contribution in [1.29, 1.82) is 0 Å². The fraction of sp³-hybridized carbons (Fsp3) is 0.120. The minimum atomic E-state index is -0.767. The molecule has 204 valence electrons. The summed E-state index contributed by atoms with van der Waals surface area (Å²) in [7, 11) is 0. The van der Waals surface area contributed by atoms with E-state index in [0.717, 1.165) is 11.3 Å². The number of hydrogen-bond donors (Lipinski definition) is 5. The normalized spacial score (nSPS) is 10.9. The highest BCUT2D eigenvalue weighted by molar-refractivity contribution is 8.00. The van der Waals surface area contributed by atoms with Crippen LogP contribution in [0.1, 0.15) is 22.8 Å². The van der Waals surface area contributed by atoms with Gasteiger partial charge in [-0.3, -0.25) is 14.9 Å². The number of primary amides is 1. The Morgan fingerprint density at radius 1 is 1.15 bits per heavy atom. The van der Waals surface area contributed by atoms with Crippen LogP contribution in [0.25, 0.3) is 17.4 Å². The number of nitrogens with two attached hydrogens (primary N) is 1. The van der Waals surface area contributed by atoms with Crippen LogP contribution in [0.15, 0.2) is 64.1 Å². The minimum absolute atomic E-state index is 0.0396. The van der Waals surface area contributed by atoms with Crippen LogP contribution in [0.2, 0.25) is 5.02 Å². The topological polar surface area (TPSA) is 186 Å². The second kappa shape index (κ2) is 11.5. The zero-order valence-corrected chi connectivity index (χ0v) is 22.5. The van der Waals surface area contributed by atoms with Gasteiger partial charge in [0.2, 0.25) is 23.6 Å². The molecule has 0 bridgehead atoms. The average molecular weight is 580 g/mol. The molecule has 13 nitrogen and oxygen atoms in total. The zero-order chi connectivity index (χ0) is 28.2. The Bertz CT molecular complexity index is 1690. The highest BCUT2D eigenvalue weighted by Gasteiger charge is 2.16. The van der Waals surface area contributed by atoms with Gasteiger partial charge in [0.05, 0.1) is 16.8 Å². The SMILES string of the molecule is CC(=O)Nc1nc(NCCc2ccc(NSc3cc(Cl)c(O)c(C(N)=O)c3)cc2)nc2nc(-c3ccco3)nn12. The number of phenols is 1. The second-order valence-electron chi connectivity index (χ2n) is 8.42. The van der Waals surface area contributed by atoms with Gasteiger partial charge in [0, 0.05) is 24.1 Å². The Morgan fingerprint density at radius 2 is 1.95 bits per heavy atom. The Hall–Kier alpha value is -4.82. The third kappa shape index (κ3) is 6.08. The predicted octanol–water partition coefficient (Wildman–Crippen LogP) is 3.97. The van der Waals surface area contributed by atoms with Gasteiger partial charge in [-0.15, -0.1) is 5.10 Å². The molecule has 3 aromatic heterocycles. The number of halogens is 1. The molecule has 0 atom stereocenters. The smallest absolute Gasteiger partial charge is 0.259 e. The summed E-state index contributed by atoms with van der Waals surface area (Å²) in [6.45, 7) is 1.89. The van der Waals surface area contributed by atoms with E-state index in [1.165, 1.54) is 41.8 Å². The molecule has 2 amide bonds. The van der Waals surface area contributed by atoms with Crippen LogP contribution in [-0.2, 0) is 11.2 Å². The average Bonchev–Trinajstić information content (AvgIpc) is 3.60. The number of aromatic nitrogens is 5. The number of anilines is 3. The summed E-state index contributed by atoms with van der Waals surface area (Å²) >= 11 is 7.22. The Morgan fingerprint density at radius 3 is 2.65 bits per heavy atom. The van der Waals surface area contributed by atoms with Crippen molar-refractivity contribution in [2.24, 2.45) is 5.73 Å². The van der Waals surface area contributed by atoms with E-state index in [0.29, 0.717) is 29.4 Å². The molecule has 0 saturated heterocycles. The van der Waals surface area contributed by atoms with Crippen molar-refractivity contribution < 1.29 is 19.1 Å². The van der Waals surface area contributed by atoms with E-state index in [1.807, 2.05) is 24.3 Å². The molecular weight excluding hydrogens is 558 g/mol. The monoisotopic (exact) mass is 579 g/mol. The number of aromatic hydroxyl groups is 1. The van der Waals surface area contributed by atoms with E-state index < -0.39 is 5.91 Å². The summed E-state index contributed by atoms with van der Waals surface area (Å²) < 4.78 is 9.86. The summed E-state index contributed by atoms with van der Waals surface area (Å²) in [5.74, 6) is 0.0744. The molecule has 2 aromatic carbocycles. The lowest BCUT2D eigenvalue weighted by molar-refractivity contribution is -0.114. The molecule has 0 fully saturated rings. The standard InChI is InChI=1S/C25H22ClN9O4S/c1-13(36)29-24-31-23(32-25-30-22(33-35(24)25)19-3-2-10-39-19)28-9-8-14-4-6-15(7-5-14)34-40-16-11-17(21(27)38)20(37)18(26)12-16/h2-7,10-12,34,37H,8-9H2,1H3,(H2,27,38)(H2,28,29,30,31,32,33,36). The van der Waals surface area contributed by atoms with E-state index in [-0.39, 0.29) is 39.9 Å². The number of furan rings is 1. The van der Waals surface area contributed by atoms with Gasteiger partial charge in [0.25, 0.3) is 11.7 Å². The number of benzene rings is 2. The van der Waals surface area contributed by atoms with Crippen LogP contribution in [0.4, 0.5) is 17.6 Å². The zero-order valence-electron chi connectivity index (χ0n) is 20.9. The van der Waals surface area contributed by atoms with E-state index in [4.69, 9.17) is 21.8 Å². The van der Waals surface area contributed by atoms with E-state index >= 15 is 0 Å². The third-order valence-corrected chi connectivity index (χ3v) is 6.57. The maximum atomic E-state index is 11.7. The molecular formula is C25H22ClN9O4S. The fourth-order valence-corrected chi connectivity index (χ4v) is 4.62. The van der Waals surface area contributed by atoms with Gasteiger partial charge in [-0.05, 0) is 60.3 Å². The summed E-state index contributed by atoms with van der Waals surface area (Å²) in [6, 6.07) is 14.2. The van der Waals surface area contributed by atoms with Crippen LogP contribution in [0, 0.1) is 0 Å². The van der Waals surface area contributed by atoms with E-state index in [9.17, 15) is 14.7 Å². The number of carbonyl (C=O) groups is 2. The van der Waals surface area contributed by atoms with Gasteiger partial charge in [0.1, 0.15) is 5.75 Å². The van der Waals surface area contributed by atoms with E-state index in [2.05, 4.69) is 35.4 Å². The lowest BCUT2D eigenvalue weighted by Crippen LogP contribution is -2.16. The van der Waals surface area contributed by atoms with Gasteiger partial charge in [-0.2, -0.15) is 19.5 Å². The van der Waals surface area contributed by atoms with Gasteiger partial charge < -0.3 is 25.3 Å². The molecule has 5 aromatic rings. The molecule has 0 aliphatic carbocycles. The van der Waals surface area contributed by atoms with Gasteiger partial charge >= 0.3 is 0 Å². The van der Waals surface area contributed by atoms with Gasteiger partial charge in [-0.1, -0.05) is 23.7 Å². The second-order valence-corrected chi connectivity index (χ2v) is 9.71. The fourth-order valence-electron chi connectivity index (χ4n) is 3.61. The largest absolute Gasteiger partial charge is 0.506 e. The number of amides is 2. The van der Waals surface area contributed by atoms with Gasteiger partial charge in [0.15, 0.2) is 5.76 Å². The molecule has 0 saturated carbocycles. The summed E-state index contributed by atoms with van der Waals surface area (Å²) in [5.41, 5.74) is 7.12. The first-order chi connectivity index (χ1) is 19.3. The number of rotatable bonds is 10. The van der Waals surface area contributed by atoms with Crippen molar-refractivity contribution in [3.8, 4) is 17.3 Å². The molecule has 15 heteroatoms. The molecule has 40 heavy (non-hydrogen) atoms. The molecule has 0 spiro atoms. The summed E-state index contributed by atoms with van der Waals surface area (Å²) in [4.78, 5) is 37.0. The molecule has 0 radical (unpaired) electrons. The highest BCUT2D eigenvalue weighted by Crippen LogP contribution is 2.33. The summed E-state index contributed by atoms with van der Waals surface area (Å²) in [6.07, 6.45) is 2.18. The molecule has 6 N–H and O–H groups in total. The van der Waals surface area contributed by atoms with Crippen molar-refractivity contribution >= 4 is 58.7 Å². The van der Waals surface area contributed by atoms with Crippen LogP contribution in [-0.4, -0.2) is 48.0 Å². The van der Waals surface area contributed by atoms with Crippen LogP contribution in [0.5, 0.6) is 5.75 Å². The Labute approximate surface area is 236 Å². The lowest BCUT2D eigenvalue weighted by Gasteiger charge is -2.10.